The lowest BCUT2D eigenvalue weighted by Crippen LogP contribution is -2.37. The van der Waals surface area contributed by atoms with Gasteiger partial charge in [0.2, 0.25) is 0 Å². The highest BCUT2D eigenvalue weighted by Crippen LogP contribution is 2.37. The Morgan fingerprint density at radius 2 is 0.813 bits per heavy atom. The summed E-state index contributed by atoms with van der Waals surface area (Å²) in [4.78, 5) is 133. The van der Waals surface area contributed by atoms with E-state index in [2.05, 4.69) is 40.5 Å². The lowest BCUT2D eigenvalue weighted by molar-refractivity contribution is -0.0299. The van der Waals surface area contributed by atoms with Crippen molar-refractivity contribution in [2.24, 2.45) is 5.73 Å². The van der Waals surface area contributed by atoms with Gasteiger partial charge in [-0.15, -0.1) is 0 Å². The largest absolute Gasteiger partial charge is 0.462 e. The number of carbonyl (C=O) groups is 4. The van der Waals surface area contributed by atoms with Crippen LogP contribution >= 0.6 is 11.6 Å². The van der Waals surface area contributed by atoms with Gasteiger partial charge in [0.15, 0.2) is 27.8 Å². The quantitative estimate of drug-likeness (QED) is 0.0304. The standard InChI is InChI=1S/C36H35N7O4.C31H33N3O5.C26H25N3O3.C10H11ClN4O/c1-3-27(40-32-31-34(38-21-37-32)42(22-39-31)29-15-8-9-20-47-29)33-41-28-14-10-13-26(23-16-18-24(19-17-23)36(45)46-4-2)30(28)35(44)43(33)25-11-6-5-7-12-25;1-6-24(33-30(37)39-31(3,4)5)27-32-25-15-11-14-23(20-16-18-21(19-17-20)29(36)38-7-2)26(25)28(35)34(27)22-12-9-8-10-13-22;1-3-21(27)24-28-22-12-8-11-20(17-13-15-18(16-14-17)26(31)32-4-2)23(22)25(30)29(24)19-9-6-5-7-10-19;11-9-8-10(13-5-12-9)15(6-14-8)7-3-1-2-4-16-7/h5-7,10-14,16-19,21-22,27,29H,3-4,8-9,15,20H2,1-2H3,(H,37,38,40);8-19,24H,6-7H2,1-5H3,(H,33,37);5-16,21H,3-4,27H2,1-2H3;5-7H,1-4H2/t27-,29?;24-;21-;/m000./s1. The van der Waals surface area contributed by atoms with E-state index in [4.69, 9.17) is 60.7 Å². The molecule has 1 amide bonds. The first kappa shape index (κ1) is 93.8. The number of anilines is 1. The lowest BCUT2D eigenvalue weighted by atomic mass is 9.99. The second kappa shape index (κ2) is 43.0. The molecule has 7 aromatic heterocycles. The van der Waals surface area contributed by atoms with Crippen LogP contribution in [0.25, 0.3) is 105 Å². The Balaban J connectivity index is 0.000000143. The highest BCUT2D eigenvalue weighted by atomic mass is 35.5. The number of aromatic nitrogens is 14. The molecule has 0 saturated carbocycles. The van der Waals surface area contributed by atoms with Gasteiger partial charge < -0.3 is 44.8 Å². The number of halogens is 1. The minimum Gasteiger partial charge on any atom is -0.462 e. The van der Waals surface area contributed by atoms with E-state index in [1.807, 2.05) is 194 Å². The van der Waals surface area contributed by atoms with Gasteiger partial charge >= 0.3 is 24.0 Å². The highest BCUT2D eigenvalue weighted by Gasteiger charge is 2.30. The average Bonchev–Trinajstić information content (AvgIpc) is 1.70. The second-order valence-electron chi connectivity index (χ2n) is 32.7. The summed E-state index contributed by atoms with van der Waals surface area (Å²) < 4.78 is 41.2. The number of imidazole rings is 2. The molecule has 686 valence electrons. The van der Waals surface area contributed by atoms with Crippen LogP contribution in [0.3, 0.4) is 0 Å². The number of nitrogens with zero attached hydrogens (tertiary/aromatic N) is 14. The van der Waals surface area contributed by atoms with Crippen molar-refractivity contribution in [2.75, 3.05) is 38.4 Å². The number of nitrogens with two attached hydrogens (primary N) is 1. The first-order valence-electron chi connectivity index (χ1n) is 45.0. The van der Waals surface area contributed by atoms with E-state index in [9.17, 15) is 33.6 Å². The van der Waals surface area contributed by atoms with Crippen molar-refractivity contribution >= 4 is 96.5 Å². The maximum atomic E-state index is 14.6. The van der Waals surface area contributed by atoms with Crippen LogP contribution in [0.5, 0.6) is 0 Å². The van der Waals surface area contributed by atoms with E-state index in [0.717, 1.165) is 77.9 Å². The first-order chi connectivity index (χ1) is 65.1. The zero-order chi connectivity index (χ0) is 94.1. The highest BCUT2D eigenvalue weighted by molar-refractivity contribution is 6.33. The van der Waals surface area contributed by atoms with Crippen LogP contribution in [-0.2, 0) is 28.4 Å². The molecule has 5 atom stereocenters. The number of ether oxygens (including phenoxy) is 6. The number of rotatable bonds is 23. The van der Waals surface area contributed by atoms with Crippen LogP contribution in [0, 0.1) is 0 Å². The number of carbonyl (C=O) groups excluding carboxylic acids is 4. The molecule has 0 radical (unpaired) electrons. The predicted molar refractivity (Wildman–Crippen MR) is 516 cm³/mol. The zero-order valence-corrected chi connectivity index (χ0v) is 76.7. The maximum Gasteiger partial charge on any atom is 0.408 e. The minimum absolute atomic E-state index is 0.0321. The molecule has 18 rings (SSSR count). The van der Waals surface area contributed by atoms with Gasteiger partial charge in [0.05, 0.1) is 117 Å². The van der Waals surface area contributed by atoms with E-state index < -0.39 is 29.7 Å². The van der Waals surface area contributed by atoms with Crippen LogP contribution < -0.4 is 33.0 Å². The lowest BCUT2D eigenvalue weighted by Gasteiger charge is -2.25. The third kappa shape index (κ3) is 20.9. The van der Waals surface area contributed by atoms with Crippen LogP contribution in [-0.4, -0.2) is 130 Å². The molecule has 16 aromatic rings. The maximum absolute atomic E-state index is 14.6. The summed E-state index contributed by atoms with van der Waals surface area (Å²) in [6.45, 7) is 19.0. The van der Waals surface area contributed by atoms with Crippen molar-refractivity contribution in [3.05, 3.63) is 314 Å². The van der Waals surface area contributed by atoms with Gasteiger partial charge in [-0.05, 0) is 224 Å². The molecule has 2 fully saturated rings. The minimum atomic E-state index is -0.671. The Morgan fingerprint density at radius 1 is 0.440 bits per heavy atom. The molecule has 9 heterocycles. The number of amides is 1. The van der Waals surface area contributed by atoms with Gasteiger partial charge in [0, 0.05) is 13.2 Å². The number of esters is 3. The SMILES string of the molecule is CCOC(=O)c1ccc(-c2cccc3nc([C@@H](N)CC)n(-c4ccccc4)c(=O)c23)cc1.CCOC(=O)c1ccc(-c2cccc3nc([C@H](CC)NC(=O)OC(C)(C)C)n(-c4ccccc4)c(=O)c23)cc1.CCOC(=O)c1ccc(-c2cccc3nc([C@H](CC)Nc4ncnc5c4ncn5C4CCCCO4)n(-c4ccccc4)c(=O)c23)cc1.Clc1ncnc2c1ncn2C1CCCCO1. The molecule has 0 aliphatic carbocycles. The average molecular weight is 1820 g/mol. The summed E-state index contributed by atoms with van der Waals surface area (Å²) >= 11 is 5.94. The fraction of sp³-hybridized carbons (Fsp3) is 0.282. The van der Waals surface area contributed by atoms with Crippen molar-refractivity contribution < 1.29 is 47.6 Å². The number of alkyl carbamates (subject to hydrolysis) is 1. The molecule has 2 aliphatic rings. The molecule has 0 spiro atoms. The van der Waals surface area contributed by atoms with Gasteiger partial charge in [-0.3, -0.25) is 37.2 Å². The predicted octanol–water partition coefficient (Wildman–Crippen LogP) is 19.7. The van der Waals surface area contributed by atoms with Crippen LogP contribution in [0.1, 0.15) is 199 Å². The molecular formula is C103H104ClN17O13. The summed E-state index contributed by atoms with van der Waals surface area (Å²) in [6, 6.07) is 64.6. The summed E-state index contributed by atoms with van der Waals surface area (Å²) in [6.07, 6.45) is 13.9. The first-order valence-corrected chi connectivity index (χ1v) is 45.4. The van der Waals surface area contributed by atoms with Crippen molar-refractivity contribution in [2.45, 2.75) is 156 Å². The van der Waals surface area contributed by atoms with Crippen LogP contribution in [0.2, 0.25) is 5.15 Å². The van der Waals surface area contributed by atoms with E-state index in [-0.39, 0.29) is 47.1 Å². The van der Waals surface area contributed by atoms with Gasteiger partial charge in [0.25, 0.3) is 16.7 Å². The topological polar surface area (TPSA) is 366 Å². The molecule has 9 aromatic carbocycles. The van der Waals surface area contributed by atoms with Crippen molar-refractivity contribution in [1.29, 1.82) is 0 Å². The second-order valence-corrected chi connectivity index (χ2v) is 33.1. The summed E-state index contributed by atoms with van der Waals surface area (Å²) in [5.41, 5.74) is 17.3. The summed E-state index contributed by atoms with van der Waals surface area (Å²) in [7, 11) is 0. The number of hydrogen-bond donors (Lipinski definition) is 3. The van der Waals surface area contributed by atoms with Gasteiger partial charge in [-0.25, -0.2) is 64.0 Å². The molecule has 2 saturated heterocycles. The summed E-state index contributed by atoms with van der Waals surface area (Å²) in [5.74, 6) is 0.885. The fourth-order valence-electron chi connectivity index (χ4n) is 16.2. The number of fused-ring (bicyclic) bond motifs is 5. The molecule has 2 unspecified atom stereocenters. The third-order valence-electron chi connectivity index (χ3n) is 22.8. The molecular weight excluding hydrogens is 1720 g/mol. The van der Waals surface area contributed by atoms with E-state index >= 15 is 0 Å². The smallest absolute Gasteiger partial charge is 0.408 e. The Hall–Kier alpha value is -14.9. The van der Waals surface area contributed by atoms with Crippen molar-refractivity contribution in [3.8, 4) is 50.4 Å². The summed E-state index contributed by atoms with van der Waals surface area (Å²) in [5, 5.41) is 8.24. The third-order valence-corrected chi connectivity index (χ3v) is 23.0. The molecule has 0 bridgehead atoms. The fourth-order valence-corrected chi connectivity index (χ4v) is 16.4. The monoisotopic (exact) mass is 1820 g/mol. The Labute approximate surface area is 777 Å². The zero-order valence-electron chi connectivity index (χ0n) is 75.9. The van der Waals surface area contributed by atoms with Crippen LogP contribution in [0.4, 0.5) is 10.6 Å². The number of hydrogen-bond acceptors (Lipinski definition) is 24. The van der Waals surface area contributed by atoms with Gasteiger partial charge in [-0.1, -0.05) is 160 Å². The molecule has 4 N–H and O–H groups in total. The van der Waals surface area contributed by atoms with E-state index in [1.165, 1.54) is 19.1 Å². The molecule has 30 nitrogen and oxygen atoms in total. The van der Waals surface area contributed by atoms with Crippen LogP contribution in [0.15, 0.2) is 258 Å². The van der Waals surface area contributed by atoms with Gasteiger partial charge in [0.1, 0.15) is 53.7 Å². The normalized spacial score (nSPS) is 14.4. The van der Waals surface area contributed by atoms with Gasteiger partial charge in [-0.2, -0.15) is 0 Å². The number of benzene rings is 9. The number of para-hydroxylation sites is 3. The Kier molecular flexibility index (Phi) is 30.1. The molecule has 31 heteroatoms. The Morgan fingerprint density at radius 3 is 1.19 bits per heavy atom. The molecule has 134 heavy (non-hydrogen) atoms. The van der Waals surface area contributed by atoms with Crippen molar-refractivity contribution in [1.82, 2.24) is 73.0 Å². The van der Waals surface area contributed by atoms with E-state index in [1.54, 1.807) is 122 Å². The number of nitrogens with one attached hydrogen (secondary N) is 2. The van der Waals surface area contributed by atoms with Crippen molar-refractivity contribution in [3.63, 3.8) is 0 Å². The van der Waals surface area contributed by atoms with E-state index in [0.29, 0.717) is 157 Å². The molecule has 2 aliphatic heterocycles. The Bertz CT molecular complexity index is 7060.